The zero-order chi connectivity index (χ0) is 10.4. The minimum atomic E-state index is 0.385. The second-order valence-corrected chi connectivity index (χ2v) is 3.09. The first kappa shape index (κ1) is 10.6. The average Bonchev–Trinajstić information content (AvgIpc) is 2.19. The summed E-state index contributed by atoms with van der Waals surface area (Å²) >= 11 is 5.83. The molecule has 2 nitrogen and oxygen atoms in total. The summed E-state index contributed by atoms with van der Waals surface area (Å²) in [6.07, 6.45) is 3.98. The maximum Gasteiger partial charge on any atom is 0.126 e. The van der Waals surface area contributed by atoms with Crippen molar-refractivity contribution in [3.05, 3.63) is 34.9 Å². The summed E-state index contributed by atoms with van der Waals surface area (Å²) in [6, 6.07) is 7.40. The van der Waals surface area contributed by atoms with Crippen LogP contribution in [0, 0.1) is 11.3 Å². The van der Waals surface area contributed by atoms with E-state index in [1.807, 2.05) is 12.1 Å². The largest absolute Gasteiger partial charge is 0.496 e. The van der Waals surface area contributed by atoms with Crippen LogP contribution in [0.15, 0.2) is 24.3 Å². The molecule has 0 spiro atoms. The molecular formula is C11H10ClNO. The van der Waals surface area contributed by atoms with Crippen molar-refractivity contribution < 1.29 is 4.74 Å². The molecule has 0 radical (unpaired) electrons. The molecule has 1 aromatic carbocycles. The lowest BCUT2D eigenvalue weighted by Gasteiger charge is -2.04. The number of allylic oxidation sites excluding steroid dienone is 1. The van der Waals surface area contributed by atoms with Crippen LogP contribution in [0.2, 0.25) is 5.02 Å². The summed E-state index contributed by atoms with van der Waals surface area (Å²) in [5.41, 5.74) is 0.884. The Bertz CT molecular complexity index is 379. The van der Waals surface area contributed by atoms with Crippen molar-refractivity contribution in [2.24, 2.45) is 0 Å². The Hall–Kier alpha value is -1.46. The standard InChI is InChI=1S/C11H10ClNO/c1-14-11-6-5-10(12)8-9(11)4-2-3-7-13/h2,4-6,8H,3H2,1H3/b4-2+. The van der Waals surface area contributed by atoms with Gasteiger partial charge in [-0.05, 0) is 18.2 Å². The maximum atomic E-state index is 8.37. The number of hydrogen-bond acceptors (Lipinski definition) is 2. The molecule has 0 aliphatic carbocycles. The predicted molar refractivity (Wildman–Crippen MR) is 57.3 cm³/mol. The van der Waals surface area contributed by atoms with E-state index in [0.29, 0.717) is 11.4 Å². The second-order valence-electron chi connectivity index (χ2n) is 2.65. The number of rotatable bonds is 3. The normalized spacial score (nSPS) is 10.1. The van der Waals surface area contributed by atoms with Crippen LogP contribution in [0.5, 0.6) is 5.75 Å². The molecule has 0 N–H and O–H groups in total. The molecule has 0 aliphatic rings. The third-order valence-electron chi connectivity index (χ3n) is 1.70. The van der Waals surface area contributed by atoms with Crippen LogP contribution >= 0.6 is 11.6 Å². The first-order valence-electron chi connectivity index (χ1n) is 4.15. The van der Waals surface area contributed by atoms with Crippen LogP contribution in [0.3, 0.4) is 0 Å². The van der Waals surface area contributed by atoms with Gasteiger partial charge in [-0.3, -0.25) is 0 Å². The molecule has 0 atom stereocenters. The van der Waals surface area contributed by atoms with Crippen molar-refractivity contribution in [1.82, 2.24) is 0 Å². The SMILES string of the molecule is COc1ccc(Cl)cc1/C=C/CC#N. The van der Waals surface area contributed by atoms with Crippen molar-refractivity contribution in [2.45, 2.75) is 6.42 Å². The molecule has 0 aliphatic heterocycles. The molecule has 0 saturated carbocycles. The quantitative estimate of drug-likeness (QED) is 0.762. The van der Waals surface area contributed by atoms with Gasteiger partial charge in [0.25, 0.3) is 0 Å². The van der Waals surface area contributed by atoms with E-state index in [1.54, 1.807) is 31.4 Å². The predicted octanol–water partition coefficient (Wildman–Crippen LogP) is 3.28. The summed E-state index contributed by atoms with van der Waals surface area (Å²) in [5.74, 6) is 0.753. The Morgan fingerprint density at radius 2 is 2.36 bits per heavy atom. The lowest BCUT2D eigenvalue weighted by atomic mass is 10.2. The van der Waals surface area contributed by atoms with Gasteiger partial charge in [0, 0.05) is 10.6 Å². The van der Waals surface area contributed by atoms with Crippen molar-refractivity contribution in [3.63, 3.8) is 0 Å². The first-order valence-corrected chi connectivity index (χ1v) is 4.52. The van der Waals surface area contributed by atoms with Crippen molar-refractivity contribution in [2.75, 3.05) is 7.11 Å². The van der Waals surface area contributed by atoms with Crippen LogP contribution in [-0.2, 0) is 0 Å². The Kier molecular flexibility index (Phi) is 4.03. The summed E-state index contributed by atoms with van der Waals surface area (Å²) in [6.45, 7) is 0. The number of hydrogen-bond donors (Lipinski definition) is 0. The van der Waals surface area contributed by atoms with E-state index in [4.69, 9.17) is 21.6 Å². The van der Waals surface area contributed by atoms with Gasteiger partial charge in [0.05, 0.1) is 19.6 Å². The van der Waals surface area contributed by atoms with Gasteiger partial charge in [0.1, 0.15) is 5.75 Å². The maximum absolute atomic E-state index is 8.37. The highest BCUT2D eigenvalue weighted by Gasteiger charge is 1.99. The number of ether oxygens (including phenoxy) is 1. The van der Waals surface area contributed by atoms with Gasteiger partial charge in [0.15, 0.2) is 0 Å². The molecule has 0 unspecified atom stereocenters. The zero-order valence-electron chi connectivity index (χ0n) is 7.83. The lowest BCUT2D eigenvalue weighted by Crippen LogP contribution is -1.86. The van der Waals surface area contributed by atoms with Crippen LogP contribution in [0.1, 0.15) is 12.0 Å². The van der Waals surface area contributed by atoms with Crippen LogP contribution in [0.4, 0.5) is 0 Å². The van der Waals surface area contributed by atoms with Crippen LogP contribution in [-0.4, -0.2) is 7.11 Å². The fourth-order valence-corrected chi connectivity index (χ4v) is 1.25. The average molecular weight is 208 g/mol. The molecule has 3 heteroatoms. The molecule has 0 saturated heterocycles. The lowest BCUT2D eigenvalue weighted by molar-refractivity contribution is 0.414. The molecule has 14 heavy (non-hydrogen) atoms. The fourth-order valence-electron chi connectivity index (χ4n) is 1.07. The Morgan fingerprint density at radius 1 is 1.57 bits per heavy atom. The van der Waals surface area contributed by atoms with Gasteiger partial charge >= 0.3 is 0 Å². The third-order valence-corrected chi connectivity index (χ3v) is 1.93. The number of nitrogens with zero attached hydrogens (tertiary/aromatic N) is 1. The molecule has 0 fully saturated rings. The summed E-state index contributed by atoms with van der Waals surface area (Å²) in [7, 11) is 1.60. The van der Waals surface area contributed by atoms with Gasteiger partial charge in [0.2, 0.25) is 0 Å². The Labute approximate surface area is 88.4 Å². The van der Waals surface area contributed by atoms with Crippen molar-refractivity contribution in [3.8, 4) is 11.8 Å². The van der Waals surface area contributed by atoms with E-state index in [1.165, 1.54) is 0 Å². The smallest absolute Gasteiger partial charge is 0.126 e. The number of halogens is 1. The van der Waals surface area contributed by atoms with Gasteiger partial charge < -0.3 is 4.74 Å². The number of benzene rings is 1. The van der Waals surface area contributed by atoms with E-state index in [-0.39, 0.29) is 0 Å². The van der Waals surface area contributed by atoms with Gasteiger partial charge in [-0.2, -0.15) is 5.26 Å². The Morgan fingerprint density at radius 3 is 3.00 bits per heavy atom. The second kappa shape index (κ2) is 5.31. The van der Waals surface area contributed by atoms with E-state index in [2.05, 4.69) is 0 Å². The highest BCUT2D eigenvalue weighted by molar-refractivity contribution is 6.30. The molecule has 1 rings (SSSR count). The minimum absolute atomic E-state index is 0.385. The summed E-state index contributed by atoms with van der Waals surface area (Å²) < 4.78 is 5.14. The van der Waals surface area contributed by atoms with E-state index in [0.717, 1.165) is 11.3 Å². The zero-order valence-corrected chi connectivity index (χ0v) is 8.58. The van der Waals surface area contributed by atoms with Gasteiger partial charge in [-0.25, -0.2) is 0 Å². The topological polar surface area (TPSA) is 33.0 Å². The monoisotopic (exact) mass is 207 g/mol. The van der Waals surface area contributed by atoms with Crippen molar-refractivity contribution >= 4 is 17.7 Å². The fraction of sp³-hybridized carbons (Fsp3) is 0.182. The Balaban J connectivity index is 2.94. The highest BCUT2D eigenvalue weighted by Crippen LogP contribution is 2.23. The molecule has 0 bridgehead atoms. The van der Waals surface area contributed by atoms with Gasteiger partial charge in [-0.15, -0.1) is 0 Å². The van der Waals surface area contributed by atoms with E-state index < -0.39 is 0 Å². The molecular weight excluding hydrogens is 198 g/mol. The van der Waals surface area contributed by atoms with E-state index in [9.17, 15) is 0 Å². The number of nitriles is 1. The molecule has 0 heterocycles. The van der Waals surface area contributed by atoms with Crippen LogP contribution in [0.25, 0.3) is 6.08 Å². The highest BCUT2D eigenvalue weighted by atomic mass is 35.5. The van der Waals surface area contributed by atoms with E-state index >= 15 is 0 Å². The molecule has 0 amide bonds. The molecule has 72 valence electrons. The summed E-state index contributed by atoms with van der Waals surface area (Å²) in [5, 5.41) is 9.02. The number of methoxy groups -OCH3 is 1. The molecule has 1 aromatic rings. The summed E-state index contributed by atoms with van der Waals surface area (Å²) in [4.78, 5) is 0. The third kappa shape index (κ3) is 2.79. The van der Waals surface area contributed by atoms with Crippen LogP contribution < -0.4 is 4.74 Å². The minimum Gasteiger partial charge on any atom is -0.496 e. The van der Waals surface area contributed by atoms with Gasteiger partial charge in [-0.1, -0.05) is 23.8 Å². The van der Waals surface area contributed by atoms with Crippen molar-refractivity contribution in [1.29, 1.82) is 5.26 Å². The first-order chi connectivity index (χ1) is 6.77. The molecule has 0 aromatic heterocycles.